The largest absolute Gasteiger partial charge is 0.312 e. The molecule has 4 heteroatoms. The summed E-state index contributed by atoms with van der Waals surface area (Å²) < 4.78 is 13.3. The second-order valence-corrected chi connectivity index (χ2v) is 6.27. The second kappa shape index (κ2) is 7.27. The Kier molecular flexibility index (Phi) is 5.67. The van der Waals surface area contributed by atoms with Crippen LogP contribution < -0.4 is 5.32 Å². The van der Waals surface area contributed by atoms with E-state index in [0.29, 0.717) is 12.1 Å². The van der Waals surface area contributed by atoms with Gasteiger partial charge in [0.25, 0.3) is 0 Å². The molecule has 19 heavy (non-hydrogen) atoms. The van der Waals surface area contributed by atoms with Crippen molar-refractivity contribution in [2.24, 2.45) is 0 Å². The number of nitrogens with zero attached hydrogens (tertiary/aromatic N) is 1. The first kappa shape index (κ1) is 14.8. The van der Waals surface area contributed by atoms with E-state index in [1.54, 1.807) is 12.1 Å². The molecule has 1 aliphatic rings. The number of rotatable bonds is 5. The normalized spacial score (nSPS) is 22.4. The maximum atomic E-state index is 13.3. The van der Waals surface area contributed by atoms with Gasteiger partial charge < -0.3 is 10.2 Å². The molecule has 2 atom stereocenters. The molecule has 2 rings (SSSR count). The Bertz CT molecular complexity index is 399. The smallest absolute Gasteiger partial charge is 0.123 e. The first-order chi connectivity index (χ1) is 9.20. The van der Waals surface area contributed by atoms with Crippen LogP contribution in [0.15, 0.2) is 24.3 Å². The van der Waals surface area contributed by atoms with Crippen molar-refractivity contribution in [1.29, 1.82) is 0 Å². The Morgan fingerprint density at radius 2 is 2.37 bits per heavy atom. The summed E-state index contributed by atoms with van der Waals surface area (Å²) in [5.74, 6) is 2.23. The Labute approximate surface area is 119 Å². The highest BCUT2D eigenvalue weighted by atomic mass is 32.2. The van der Waals surface area contributed by atoms with Crippen LogP contribution in [0.2, 0.25) is 0 Å². The molecule has 1 heterocycles. The van der Waals surface area contributed by atoms with Crippen molar-refractivity contribution >= 4 is 11.8 Å². The van der Waals surface area contributed by atoms with Crippen molar-refractivity contribution in [2.45, 2.75) is 25.4 Å². The number of thioether (sulfide) groups is 1. The van der Waals surface area contributed by atoms with E-state index in [-0.39, 0.29) is 5.82 Å². The van der Waals surface area contributed by atoms with Crippen molar-refractivity contribution in [3.63, 3.8) is 0 Å². The molecule has 1 N–H and O–H groups in total. The van der Waals surface area contributed by atoms with Gasteiger partial charge in [0.1, 0.15) is 5.82 Å². The van der Waals surface area contributed by atoms with Crippen molar-refractivity contribution in [1.82, 2.24) is 10.2 Å². The summed E-state index contributed by atoms with van der Waals surface area (Å²) >= 11 is 2.02. The van der Waals surface area contributed by atoms with Crippen molar-refractivity contribution < 1.29 is 4.39 Å². The fourth-order valence-corrected chi connectivity index (χ4v) is 3.97. The molecule has 1 fully saturated rings. The van der Waals surface area contributed by atoms with Crippen molar-refractivity contribution in [2.75, 3.05) is 31.6 Å². The molecular weight excluding hydrogens is 259 g/mol. The summed E-state index contributed by atoms with van der Waals surface area (Å²) in [6.45, 7) is 4.23. The molecule has 106 valence electrons. The third kappa shape index (κ3) is 4.20. The van der Waals surface area contributed by atoms with E-state index in [4.69, 9.17) is 0 Å². The monoisotopic (exact) mass is 282 g/mol. The van der Waals surface area contributed by atoms with Gasteiger partial charge in [0.05, 0.1) is 0 Å². The third-order valence-electron chi connectivity index (χ3n) is 3.72. The van der Waals surface area contributed by atoms with Crippen LogP contribution in [0.5, 0.6) is 0 Å². The quantitative estimate of drug-likeness (QED) is 0.893. The van der Waals surface area contributed by atoms with E-state index in [1.165, 1.54) is 11.8 Å². The lowest BCUT2D eigenvalue weighted by molar-refractivity contribution is 0.215. The maximum absolute atomic E-state index is 13.3. The van der Waals surface area contributed by atoms with Gasteiger partial charge in [-0.1, -0.05) is 19.1 Å². The minimum atomic E-state index is -0.140. The number of hydrogen-bond donors (Lipinski definition) is 1. The molecule has 1 aromatic rings. The Hall–Kier alpha value is -0.580. The van der Waals surface area contributed by atoms with Gasteiger partial charge in [-0.2, -0.15) is 11.8 Å². The van der Waals surface area contributed by atoms with Crippen LogP contribution in [0.3, 0.4) is 0 Å². The molecule has 1 aromatic carbocycles. The predicted molar refractivity (Wildman–Crippen MR) is 81.3 cm³/mol. The molecule has 2 unspecified atom stereocenters. The van der Waals surface area contributed by atoms with Crippen LogP contribution in [0.25, 0.3) is 0 Å². The van der Waals surface area contributed by atoms with Gasteiger partial charge in [0.2, 0.25) is 0 Å². The molecule has 0 radical (unpaired) electrons. The topological polar surface area (TPSA) is 15.3 Å². The van der Waals surface area contributed by atoms with Crippen LogP contribution >= 0.6 is 11.8 Å². The van der Waals surface area contributed by atoms with Crippen LogP contribution in [0.4, 0.5) is 4.39 Å². The second-order valence-electron chi connectivity index (χ2n) is 5.12. The van der Waals surface area contributed by atoms with E-state index in [1.807, 2.05) is 17.8 Å². The van der Waals surface area contributed by atoms with Crippen LogP contribution in [0.1, 0.15) is 12.5 Å². The fourth-order valence-electron chi connectivity index (χ4n) is 2.65. The zero-order chi connectivity index (χ0) is 13.7. The summed E-state index contributed by atoms with van der Waals surface area (Å²) in [6.07, 6.45) is 0.890. The summed E-state index contributed by atoms with van der Waals surface area (Å²) in [7, 11) is 2.19. The van der Waals surface area contributed by atoms with Gasteiger partial charge >= 0.3 is 0 Å². The summed E-state index contributed by atoms with van der Waals surface area (Å²) in [6, 6.07) is 7.90. The Morgan fingerprint density at radius 1 is 1.53 bits per heavy atom. The minimum Gasteiger partial charge on any atom is -0.312 e. The molecule has 0 bridgehead atoms. The Morgan fingerprint density at radius 3 is 3.05 bits per heavy atom. The maximum Gasteiger partial charge on any atom is 0.123 e. The van der Waals surface area contributed by atoms with Gasteiger partial charge in [-0.05, 0) is 37.7 Å². The van der Waals surface area contributed by atoms with Crippen molar-refractivity contribution in [3.05, 3.63) is 35.6 Å². The summed E-state index contributed by atoms with van der Waals surface area (Å²) in [5, 5.41) is 3.57. The standard InChI is InChI=1S/C15H23FN2S/c1-3-17-14(15-11-19-8-7-18(15)2)10-12-5-4-6-13(16)9-12/h4-6,9,14-15,17H,3,7-8,10-11H2,1-2H3. The number of nitrogens with one attached hydrogen (secondary N) is 1. The van der Waals surface area contributed by atoms with Gasteiger partial charge in [-0.25, -0.2) is 4.39 Å². The van der Waals surface area contributed by atoms with Crippen molar-refractivity contribution in [3.8, 4) is 0 Å². The van der Waals surface area contributed by atoms with Crippen LogP contribution in [-0.4, -0.2) is 48.6 Å². The van der Waals surface area contributed by atoms with Crippen LogP contribution in [-0.2, 0) is 6.42 Å². The summed E-state index contributed by atoms with van der Waals surface area (Å²) in [4.78, 5) is 2.43. The highest BCUT2D eigenvalue weighted by Crippen LogP contribution is 2.20. The van der Waals surface area contributed by atoms with Gasteiger partial charge in [-0.3, -0.25) is 0 Å². The van der Waals surface area contributed by atoms with E-state index in [2.05, 4.69) is 24.2 Å². The first-order valence-corrected chi connectivity index (χ1v) is 8.12. The van der Waals surface area contributed by atoms with E-state index in [0.717, 1.165) is 30.8 Å². The lowest BCUT2D eigenvalue weighted by Crippen LogP contribution is -2.53. The molecule has 0 saturated carbocycles. The highest BCUT2D eigenvalue weighted by molar-refractivity contribution is 7.99. The molecule has 1 saturated heterocycles. The van der Waals surface area contributed by atoms with Gasteiger partial charge in [0.15, 0.2) is 0 Å². The van der Waals surface area contributed by atoms with E-state index in [9.17, 15) is 4.39 Å². The minimum absolute atomic E-state index is 0.140. The summed E-state index contributed by atoms with van der Waals surface area (Å²) in [5.41, 5.74) is 1.08. The van der Waals surface area contributed by atoms with E-state index >= 15 is 0 Å². The number of hydrogen-bond acceptors (Lipinski definition) is 3. The van der Waals surface area contributed by atoms with Gasteiger partial charge in [0, 0.05) is 30.1 Å². The lowest BCUT2D eigenvalue weighted by Gasteiger charge is -2.38. The molecule has 0 aromatic heterocycles. The lowest BCUT2D eigenvalue weighted by atomic mass is 9.99. The molecular formula is C15H23FN2S. The number of halogens is 1. The molecule has 0 aliphatic carbocycles. The van der Waals surface area contributed by atoms with Gasteiger partial charge in [-0.15, -0.1) is 0 Å². The first-order valence-electron chi connectivity index (χ1n) is 6.96. The average Bonchev–Trinajstić information content (AvgIpc) is 2.39. The molecule has 1 aliphatic heterocycles. The fraction of sp³-hybridized carbons (Fsp3) is 0.600. The number of likely N-dealkylation sites (N-methyl/N-ethyl adjacent to an activating group) is 2. The predicted octanol–water partition coefficient (Wildman–Crippen LogP) is 2.39. The number of benzene rings is 1. The zero-order valence-corrected chi connectivity index (χ0v) is 12.5. The Balaban J connectivity index is 2.06. The molecule has 2 nitrogen and oxygen atoms in total. The third-order valence-corrected chi connectivity index (χ3v) is 4.77. The molecule has 0 amide bonds. The molecule has 0 spiro atoms. The highest BCUT2D eigenvalue weighted by Gasteiger charge is 2.27. The van der Waals surface area contributed by atoms with E-state index < -0.39 is 0 Å². The zero-order valence-electron chi connectivity index (χ0n) is 11.7. The van der Waals surface area contributed by atoms with Crippen LogP contribution in [0, 0.1) is 5.82 Å². The average molecular weight is 282 g/mol. The SMILES string of the molecule is CCNC(Cc1cccc(F)c1)C1CSCCN1C.